The van der Waals surface area contributed by atoms with E-state index in [2.05, 4.69) is 55.9 Å². The molecule has 84 valence electrons. The Labute approximate surface area is 111 Å². The molecule has 0 amide bonds. The van der Waals surface area contributed by atoms with Gasteiger partial charge in [0.15, 0.2) is 0 Å². The first-order chi connectivity index (χ1) is 8.31. The van der Waals surface area contributed by atoms with Crippen molar-refractivity contribution < 1.29 is 0 Å². The topological polar surface area (TPSA) is 24.9 Å². The molecular formula is C13H9BrN2S. The highest BCUT2D eigenvalue weighted by Crippen LogP contribution is 2.25. The molecule has 1 aromatic carbocycles. The van der Waals surface area contributed by atoms with E-state index in [1.165, 1.54) is 10.1 Å². The molecule has 0 fully saturated rings. The van der Waals surface area contributed by atoms with Gasteiger partial charge in [0.2, 0.25) is 0 Å². The largest absolute Gasteiger partial charge is 0.340 e. The van der Waals surface area contributed by atoms with Crippen LogP contribution >= 0.6 is 27.3 Å². The van der Waals surface area contributed by atoms with Crippen molar-refractivity contribution in [1.82, 2.24) is 4.98 Å². The van der Waals surface area contributed by atoms with Gasteiger partial charge in [0, 0.05) is 21.1 Å². The second-order valence-corrected chi connectivity index (χ2v) is 5.52. The molecule has 0 bridgehead atoms. The maximum atomic E-state index is 4.29. The fourth-order valence-corrected chi connectivity index (χ4v) is 2.65. The van der Waals surface area contributed by atoms with Crippen LogP contribution in [0.25, 0.3) is 10.1 Å². The molecule has 0 saturated heterocycles. The second kappa shape index (κ2) is 4.47. The summed E-state index contributed by atoms with van der Waals surface area (Å²) in [6.07, 6.45) is 1.78. The van der Waals surface area contributed by atoms with Crippen molar-refractivity contribution in [3.8, 4) is 0 Å². The number of aromatic nitrogens is 1. The first-order valence-corrected chi connectivity index (χ1v) is 6.84. The van der Waals surface area contributed by atoms with Crippen LogP contribution in [0.3, 0.4) is 0 Å². The third kappa shape index (κ3) is 2.33. The standard InChI is InChI=1S/C13H9BrN2S/c14-10-1-4-13(15-8-10)16-11-2-3-12-9(7-11)5-6-17-12/h1-8H,(H,15,16). The van der Waals surface area contributed by atoms with Crippen LogP contribution in [-0.4, -0.2) is 4.98 Å². The Morgan fingerprint density at radius 1 is 1.12 bits per heavy atom. The van der Waals surface area contributed by atoms with E-state index in [0.29, 0.717) is 0 Å². The maximum absolute atomic E-state index is 4.29. The fourth-order valence-electron chi connectivity index (χ4n) is 1.64. The zero-order valence-electron chi connectivity index (χ0n) is 8.85. The highest BCUT2D eigenvalue weighted by atomic mass is 79.9. The molecule has 0 atom stereocenters. The van der Waals surface area contributed by atoms with E-state index < -0.39 is 0 Å². The third-order valence-electron chi connectivity index (χ3n) is 2.45. The van der Waals surface area contributed by atoms with Crippen molar-refractivity contribution in [1.29, 1.82) is 0 Å². The van der Waals surface area contributed by atoms with Crippen molar-refractivity contribution in [2.24, 2.45) is 0 Å². The van der Waals surface area contributed by atoms with Crippen LogP contribution in [0, 0.1) is 0 Å². The summed E-state index contributed by atoms with van der Waals surface area (Å²) in [6, 6.07) is 12.4. The lowest BCUT2D eigenvalue weighted by Crippen LogP contribution is -1.92. The molecule has 1 N–H and O–H groups in total. The smallest absolute Gasteiger partial charge is 0.130 e. The van der Waals surface area contributed by atoms with Gasteiger partial charge in [-0.25, -0.2) is 4.98 Å². The van der Waals surface area contributed by atoms with Gasteiger partial charge in [-0.15, -0.1) is 11.3 Å². The Kier molecular flexibility index (Phi) is 2.82. The predicted molar refractivity (Wildman–Crippen MR) is 77.0 cm³/mol. The zero-order valence-corrected chi connectivity index (χ0v) is 11.3. The number of benzene rings is 1. The molecule has 3 aromatic rings. The average molecular weight is 305 g/mol. The molecular weight excluding hydrogens is 296 g/mol. The Hall–Kier alpha value is -1.39. The number of pyridine rings is 1. The number of fused-ring (bicyclic) bond motifs is 1. The maximum Gasteiger partial charge on any atom is 0.130 e. The van der Waals surface area contributed by atoms with E-state index >= 15 is 0 Å². The second-order valence-electron chi connectivity index (χ2n) is 3.66. The fraction of sp³-hybridized carbons (Fsp3) is 0. The number of anilines is 2. The number of nitrogens with one attached hydrogen (secondary N) is 1. The molecule has 2 heterocycles. The molecule has 0 aliphatic carbocycles. The molecule has 4 heteroatoms. The van der Waals surface area contributed by atoms with Crippen molar-refractivity contribution in [3.63, 3.8) is 0 Å². The predicted octanol–water partition coefficient (Wildman–Crippen LogP) is 4.80. The van der Waals surface area contributed by atoms with Crippen LogP contribution in [0.4, 0.5) is 11.5 Å². The van der Waals surface area contributed by atoms with Crippen LogP contribution in [-0.2, 0) is 0 Å². The summed E-state index contributed by atoms with van der Waals surface area (Å²) in [5.74, 6) is 0.850. The molecule has 0 unspecified atom stereocenters. The van der Waals surface area contributed by atoms with Crippen LogP contribution in [0.15, 0.2) is 52.4 Å². The van der Waals surface area contributed by atoms with Crippen LogP contribution in [0.2, 0.25) is 0 Å². The molecule has 0 spiro atoms. The van der Waals surface area contributed by atoms with Gasteiger partial charge in [0.05, 0.1) is 0 Å². The highest BCUT2D eigenvalue weighted by Gasteiger charge is 1.99. The lowest BCUT2D eigenvalue weighted by Gasteiger charge is -2.05. The van der Waals surface area contributed by atoms with Crippen LogP contribution in [0.5, 0.6) is 0 Å². The summed E-state index contributed by atoms with van der Waals surface area (Å²) in [4.78, 5) is 4.29. The Bertz CT molecular complexity index is 646. The Morgan fingerprint density at radius 3 is 2.88 bits per heavy atom. The Morgan fingerprint density at radius 2 is 2.06 bits per heavy atom. The summed E-state index contributed by atoms with van der Waals surface area (Å²) in [6.45, 7) is 0. The molecule has 2 nitrogen and oxygen atoms in total. The van der Waals surface area contributed by atoms with Gasteiger partial charge >= 0.3 is 0 Å². The molecule has 17 heavy (non-hydrogen) atoms. The van der Waals surface area contributed by atoms with E-state index in [1.54, 1.807) is 17.5 Å². The normalized spacial score (nSPS) is 10.6. The first kappa shape index (κ1) is 10.7. The summed E-state index contributed by atoms with van der Waals surface area (Å²) in [7, 11) is 0. The van der Waals surface area contributed by atoms with Crippen molar-refractivity contribution in [3.05, 3.63) is 52.4 Å². The number of hydrogen-bond donors (Lipinski definition) is 1. The van der Waals surface area contributed by atoms with Crippen molar-refractivity contribution in [2.75, 3.05) is 5.32 Å². The molecule has 0 radical (unpaired) electrons. The number of thiophene rings is 1. The molecule has 0 aliphatic heterocycles. The minimum absolute atomic E-state index is 0.850. The summed E-state index contributed by atoms with van der Waals surface area (Å²) < 4.78 is 2.29. The lowest BCUT2D eigenvalue weighted by molar-refractivity contribution is 1.29. The number of hydrogen-bond acceptors (Lipinski definition) is 3. The highest BCUT2D eigenvalue weighted by molar-refractivity contribution is 9.10. The van der Waals surface area contributed by atoms with Crippen molar-refractivity contribution >= 4 is 48.9 Å². The quantitative estimate of drug-likeness (QED) is 0.735. The van der Waals surface area contributed by atoms with Crippen LogP contribution < -0.4 is 5.32 Å². The molecule has 2 aromatic heterocycles. The van der Waals surface area contributed by atoms with E-state index in [1.807, 2.05) is 12.1 Å². The number of nitrogens with zero attached hydrogens (tertiary/aromatic N) is 1. The minimum atomic E-state index is 0.850. The SMILES string of the molecule is Brc1ccc(Nc2ccc3sccc3c2)nc1. The minimum Gasteiger partial charge on any atom is -0.340 e. The van der Waals surface area contributed by atoms with E-state index in [-0.39, 0.29) is 0 Å². The lowest BCUT2D eigenvalue weighted by atomic mass is 10.2. The van der Waals surface area contributed by atoms with Gasteiger partial charge < -0.3 is 5.32 Å². The summed E-state index contributed by atoms with van der Waals surface area (Å²) in [5.41, 5.74) is 1.06. The average Bonchev–Trinajstić information content (AvgIpc) is 2.79. The Balaban J connectivity index is 1.91. The van der Waals surface area contributed by atoms with Crippen LogP contribution in [0.1, 0.15) is 0 Å². The number of rotatable bonds is 2. The van der Waals surface area contributed by atoms with Gasteiger partial charge in [0.1, 0.15) is 5.82 Å². The molecule has 3 rings (SSSR count). The zero-order chi connectivity index (χ0) is 11.7. The van der Waals surface area contributed by atoms with Gasteiger partial charge in [-0.05, 0) is 63.1 Å². The molecule has 0 saturated carbocycles. The summed E-state index contributed by atoms with van der Waals surface area (Å²) in [5, 5.41) is 6.65. The van der Waals surface area contributed by atoms with E-state index in [0.717, 1.165) is 16.0 Å². The first-order valence-electron chi connectivity index (χ1n) is 5.17. The van der Waals surface area contributed by atoms with Gasteiger partial charge in [0.25, 0.3) is 0 Å². The van der Waals surface area contributed by atoms with Gasteiger partial charge in [-0.1, -0.05) is 0 Å². The monoisotopic (exact) mass is 304 g/mol. The van der Waals surface area contributed by atoms with Crippen molar-refractivity contribution in [2.45, 2.75) is 0 Å². The van der Waals surface area contributed by atoms with E-state index in [9.17, 15) is 0 Å². The summed E-state index contributed by atoms with van der Waals surface area (Å²) >= 11 is 5.12. The third-order valence-corrected chi connectivity index (χ3v) is 3.82. The van der Waals surface area contributed by atoms with Gasteiger partial charge in [-0.3, -0.25) is 0 Å². The van der Waals surface area contributed by atoms with E-state index in [4.69, 9.17) is 0 Å². The van der Waals surface area contributed by atoms with Gasteiger partial charge in [-0.2, -0.15) is 0 Å². The molecule has 0 aliphatic rings. The number of halogens is 1.